The van der Waals surface area contributed by atoms with Crippen molar-refractivity contribution in [2.75, 3.05) is 38.2 Å². The van der Waals surface area contributed by atoms with E-state index in [4.69, 9.17) is 9.47 Å². The summed E-state index contributed by atoms with van der Waals surface area (Å²) < 4.78 is 53.6. The summed E-state index contributed by atoms with van der Waals surface area (Å²) in [6, 6.07) is 17.2. The van der Waals surface area contributed by atoms with Crippen molar-refractivity contribution < 1.29 is 44.3 Å². The fourth-order valence-corrected chi connectivity index (χ4v) is 5.75. The Morgan fingerprint density at radius 2 is 1.67 bits per heavy atom. The van der Waals surface area contributed by atoms with Crippen LogP contribution >= 0.6 is 0 Å². The molecule has 0 aliphatic carbocycles. The van der Waals surface area contributed by atoms with E-state index in [2.05, 4.69) is 12.1 Å². The normalized spacial score (nSPS) is 21.6. The van der Waals surface area contributed by atoms with Gasteiger partial charge < -0.3 is 26.4 Å². The molecule has 3 aliphatic rings. The van der Waals surface area contributed by atoms with Gasteiger partial charge in [0.25, 0.3) is 0 Å². The molecule has 2 bridgehead atoms. The number of hydrogen-bond acceptors (Lipinski definition) is 3. The van der Waals surface area contributed by atoms with Crippen LogP contribution < -0.4 is 22.0 Å². The van der Waals surface area contributed by atoms with Gasteiger partial charge in [0.1, 0.15) is 18.1 Å². The first-order valence-electron chi connectivity index (χ1n) is 13.0. The number of hydrogen-bond donors (Lipinski definition) is 0. The minimum absolute atomic E-state index is 0. The zero-order valence-electron chi connectivity index (χ0n) is 21.8. The van der Waals surface area contributed by atoms with E-state index in [9.17, 15) is 18.0 Å². The molecule has 3 aromatic rings. The molecule has 3 aromatic carbocycles. The van der Waals surface area contributed by atoms with E-state index in [0.717, 1.165) is 67.8 Å². The van der Waals surface area contributed by atoms with Gasteiger partial charge in [-0.25, -0.2) is 18.0 Å². The van der Waals surface area contributed by atoms with Crippen LogP contribution in [0.4, 0.5) is 23.7 Å². The summed E-state index contributed by atoms with van der Waals surface area (Å²) in [6.45, 7) is 3.72. The average Bonchev–Trinajstić information content (AvgIpc) is 2.93. The number of fused-ring (bicyclic) bond motifs is 3. The Kier molecular flexibility index (Phi) is 9.08. The molecule has 1 amide bonds. The first-order valence-corrected chi connectivity index (χ1v) is 13.0. The number of ether oxygens (including phenoxy) is 2. The monoisotopic (exact) mass is 560 g/mol. The number of halogens is 4. The molecule has 0 spiro atoms. The highest BCUT2D eigenvalue weighted by molar-refractivity contribution is 5.87. The van der Waals surface area contributed by atoms with Gasteiger partial charge >= 0.3 is 6.09 Å². The first kappa shape index (κ1) is 28.8. The van der Waals surface area contributed by atoms with E-state index in [1.807, 2.05) is 12.1 Å². The number of amides is 1. The molecular weight excluding hydrogens is 529 g/mol. The SMILES string of the molecule is COc1ccc(CC[N+]23CCC(CC2)[C@@H](OC(=O)N(Cc2ccc(F)c(F)c2)c2cccc(F)c2)C3)cc1.[Cl-]. The van der Waals surface area contributed by atoms with Gasteiger partial charge in [-0.15, -0.1) is 0 Å². The van der Waals surface area contributed by atoms with E-state index in [-0.39, 0.29) is 31.0 Å². The van der Waals surface area contributed by atoms with Crippen LogP contribution in [0, 0.1) is 23.4 Å². The molecule has 0 saturated carbocycles. The maximum absolute atomic E-state index is 14.0. The molecule has 0 N–H and O–H groups in total. The van der Waals surface area contributed by atoms with Crippen molar-refractivity contribution >= 4 is 11.8 Å². The van der Waals surface area contributed by atoms with E-state index < -0.39 is 23.5 Å². The van der Waals surface area contributed by atoms with Crippen LogP contribution in [-0.2, 0) is 17.7 Å². The van der Waals surface area contributed by atoms with E-state index in [1.54, 1.807) is 13.2 Å². The molecule has 9 heteroatoms. The summed E-state index contributed by atoms with van der Waals surface area (Å²) in [6.07, 6.45) is 1.99. The van der Waals surface area contributed by atoms with Crippen molar-refractivity contribution in [2.24, 2.45) is 5.92 Å². The maximum atomic E-state index is 14.0. The predicted molar refractivity (Wildman–Crippen MR) is 138 cm³/mol. The molecular formula is C30H32ClF3N2O3. The standard InChI is InChI=1S/C30H32F3N2O3.ClH/c1-37-26-8-5-21(6-9-26)11-14-35-15-12-23(13-16-35)29(20-35)38-30(36)34(25-4-2-3-24(31)18-25)19-22-7-10-27(32)28(33)17-22;/h2-10,17-18,23,29H,11-16,19-20H2,1H3;1H/q+1;/p-1/t23?,29-,35?;/m0./s1. The van der Waals surface area contributed by atoms with Gasteiger partial charge in [0.2, 0.25) is 0 Å². The second kappa shape index (κ2) is 12.3. The van der Waals surface area contributed by atoms with Gasteiger partial charge in [-0.1, -0.05) is 24.3 Å². The second-order valence-corrected chi connectivity index (χ2v) is 10.4. The molecule has 3 fully saturated rings. The zero-order chi connectivity index (χ0) is 26.7. The average molecular weight is 561 g/mol. The molecule has 6 rings (SSSR count). The summed E-state index contributed by atoms with van der Waals surface area (Å²) in [5.41, 5.74) is 1.91. The van der Waals surface area contributed by atoms with Crippen LogP contribution in [0.1, 0.15) is 24.0 Å². The lowest BCUT2D eigenvalue weighted by molar-refractivity contribution is -0.945. The molecule has 39 heavy (non-hydrogen) atoms. The fraction of sp³-hybridized carbons (Fsp3) is 0.367. The lowest BCUT2D eigenvalue weighted by Crippen LogP contribution is -3.00. The van der Waals surface area contributed by atoms with Gasteiger partial charge in [-0.3, -0.25) is 4.90 Å². The highest BCUT2D eigenvalue weighted by Gasteiger charge is 2.47. The number of anilines is 1. The van der Waals surface area contributed by atoms with Crippen LogP contribution in [0.15, 0.2) is 66.7 Å². The zero-order valence-corrected chi connectivity index (χ0v) is 22.5. The summed E-state index contributed by atoms with van der Waals surface area (Å²) in [4.78, 5) is 14.8. The Hall–Kier alpha value is -3.23. The Labute approximate surface area is 233 Å². The topological polar surface area (TPSA) is 38.8 Å². The van der Waals surface area contributed by atoms with Crippen molar-refractivity contribution in [3.63, 3.8) is 0 Å². The number of carbonyl (C=O) groups excluding carboxylic acids is 1. The number of benzene rings is 3. The predicted octanol–water partition coefficient (Wildman–Crippen LogP) is 3.11. The lowest BCUT2D eigenvalue weighted by Gasteiger charge is -2.52. The molecule has 208 valence electrons. The van der Waals surface area contributed by atoms with Crippen molar-refractivity contribution in [2.45, 2.75) is 31.9 Å². The third-order valence-electron chi connectivity index (χ3n) is 7.99. The van der Waals surface area contributed by atoms with Crippen molar-refractivity contribution in [3.05, 3.63) is 95.3 Å². The van der Waals surface area contributed by atoms with Crippen LogP contribution in [-0.4, -0.2) is 50.0 Å². The van der Waals surface area contributed by atoms with Gasteiger partial charge in [-0.05, 0) is 53.6 Å². The molecule has 0 radical (unpaired) electrons. The second-order valence-electron chi connectivity index (χ2n) is 10.4. The maximum Gasteiger partial charge on any atom is 0.415 e. The van der Waals surface area contributed by atoms with Gasteiger partial charge in [0, 0.05) is 25.2 Å². The largest absolute Gasteiger partial charge is 1.00 e. The molecule has 0 unspecified atom stereocenters. The number of piperidine rings is 3. The minimum atomic E-state index is -1.00. The third-order valence-corrected chi connectivity index (χ3v) is 7.99. The van der Waals surface area contributed by atoms with E-state index in [0.29, 0.717) is 11.3 Å². The first-order chi connectivity index (χ1) is 18.3. The number of rotatable bonds is 8. The summed E-state index contributed by atoms with van der Waals surface area (Å²) in [5.74, 6) is -1.37. The van der Waals surface area contributed by atoms with Gasteiger partial charge in [0.15, 0.2) is 17.7 Å². The Morgan fingerprint density at radius 1 is 0.949 bits per heavy atom. The highest BCUT2D eigenvalue weighted by Crippen LogP contribution is 2.36. The molecule has 3 saturated heterocycles. The van der Waals surface area contributed by atoms with E-state index in [1.165, 1.54) is 34.7 Å². The Bertz CT molecular complexity index is 1280. The number of nitrogens with zero attached hydrogens (tertiary/aromatic N) is 2. The van der Waals surface area contributed by atoms with Crippen molar-refractivity contribution in [1.29, 1.82) is 0 Å². The van der Waals surface area contributed by atoms with Crippen LogP contribution in [0.5, 0.6) is 5.75 Å². The van der Waals surface area contributed by atoms with Crippen molar-refractivity contribution in [1.82, 2.24) is 0 Å². The molecule has 1 atom stereocenters. The minimum Gasteiger partial charge on any atom is -1.00 e. The fourth-order valence-electron chi connectivity index (χ4n) is 5.75. The smallest absolute Gasteiger partial charge is 0.415 e. The van der Waals surface area contributed by atoms with Crippen LogP contribution in [0.3, 0.4) is 0 Å². The molecule has 3 heterocycles. The molecule has 0 aromatic heterocycles. The van der Waals surface area contributed by atoms with Gasteiger partial charge in [0.05, 0.1) is 39.0 Å². The third kappa shape index (κ3) is 6.68. The summed E-state index contributed by atoms with van der Waals surface area (Å²) >= 11 is 0. The van der Waals surface area contributed by atoms with Crippen LogP contribution in [0.25, 0.3) is 0 Å². The number of carbonyl (C=O) groups is 1. The molecule has 5 nitrogen and oxygen atoms in total. The number of methoxy groups -OCH3 is 1. The van der Waals surface area contributed by atoms with Gasteiger partial charge in [-0.2, -0.15) is 0 Å². The molecule has 3 aliphatic heterocycles. The Balaban J connectivity index is 0.00000353. The summed E-state index contributed by atoms with van der Waals surface area (Å²) in [5, 5.41) is 0. The van der Waals surface area contributed by atoms with Crippen molar-refractivity contribution in [3.8, 4) is 5.75 Å². The van der Waals surface area contributed by atoms with Crippen LogP contribution in [0.2, 0.25) is 0 Å². The summed E-state index contributed by atoms with van der Waals surface area (Å²) in [7, 11) is 1.65. The number of quaternary nitrogens is 1. The van der Waals surface area contributed by atoms with E-state index >= 15 is 0 Å². The highest BCUT2D eigenvalue weighted by atomic mass is 35.5. The quantitative estimate of drug-likeness (QED) is 0.398. The lowest BCUT2D eigenvalue weighted by atomic mass is 9.83. The Morgan fingerprint density at radius 3 is 2.33 bits per heavy atom.